The highest BCUT2D eigenvalue weighted by Crippen LogP contribution is 2.22. The van der Waals surface area contributed by atoms with Gasteiger partial charge in [-0.1, -0.05) is 41.9 Å². The first kappa shape index (κ1) is 22.6. The molecule has 3 aromatic rings. The molecule has 0 atom stereocenters. The highest BCUT2D eigenvalue weighted by molar-refractivity contribution is 6.30. The molecule has 3 aromatic carbocycles. The number of aryl methyl sites for hydroxylation is 1. The summed E-state index contributed by atoms with van der Waals surface area (Å²) in [5.41, 5.74) is 2.59. The van der Waals surface area contributed by atoms with E-state index in [1.165, 1.54) is 6.08 Å². The Morgan fingerprint density at radius 3 is 2.47 bits per heavy atom. The van der Waals surface area contributed by atoms with E-state index >= 15 is 0 Å². The molecular formula is C25H20ClN3O3. The molecule has 6 nitrogen and oxygen atoms in total. The lowest BCUT2D eigenvalue weighted by atomic mass is 10.1. The zero-order valence-electron chi connectivity index (χ0n) is 17.3. The maximum atomic E-state index is 12.5. The molecule has 2 amide bonds. The first-order valence-electron chi connectivity index (χ1n) is 9.71. The van der Waals surface area contributed by atoms with Gasteiger partial charge in [0.25, 0.3) is 11.8 Å². The number of nitrogens with zero attached hydrogens (tertiary/aromatic N) is 1. The standard InChI is InChI=1S/C25H20ClN3O3/c1-17-5-4-7-22(13-17)29-25(31)19(15-27)14-18-6-2-3-8-23(18)32-16-24(30)28-21-11-9-20(26)10-12-21/h2-14H,16H2,1H3,(H,28,30)(H,29,31)/b19-14+. The molecule has 0 bridgehead atoms. The second-order valence-electron chi connectivity index (χ2n) is 6.87. The molecule has 160 valence electrons. The van der Waals surface area contributed by atoms with Gasteiger partial charge < -0.3 is 15.4 Å². The van der Waals surface area contributed by atoms with Crippen LogP contribution in [0, 0.1) is 18.3 Å². The van der Waals surface area contributed by atoms with Crippen LogP contribution in [-0.2, 0) is 9.59 Å². The quantitative estimate of drug-likeness (QED) is 0.385. The summed E-state index contributed by atoms with van der Waals surface area (Å²) in [6, 6.07) is 22.8. The van der Waals surface area contributed by atoms with E-state index in [0.29, 0.717) is 27.7 Å². The molecule has 7 heteroatoms. The minimum atomic E-state index is -0.534. The lowest BCUT2D eigenvalue weighted by Gasteiger charge is -2.10. The van der Waals surface area contributed by atoms with Crippen molar-refractivity contribution in [3.63, 3.8) is 0 Å². The van der Waals surface area contributed by atoms with Crippen molar-refractivity contribution in [1.29, 1.82) is 5.26 Å². The first-order chi connectivity index (χ1) is 15.4. The Labute approximate surface area is 191 Å². The molecule has 0 saturated heterocycles. The van der Waals surface area contributed by atoms with Gasteiger partial charge in [0.15, 0.2) is 6.61 Å². The van der Waals surface area contributed by atoms with Crippen molar-refractivity contribution >= 4 is 40.9 Å². The van der Waals surface area contributed by atoms with Crippen LogP contribution in [0.25, 0.3) is 6.08 Å². The van der Waals surface area contributed by atoms with E-state index in [1.807, 2.05) is 31.2 Å². The molecule has 32 heavy (non-hydrogen) atoms. The number of carbonyl (C=O) groups excluding carboxylic acids is 2. The maximum Gasteiger partial charge on any atom is 0.266 e. The number of halogens is 1. The van der Waals surface area contributed by atoms with Crippen LogP contribution < -0.4 is 15.4 Å². The predicted octanol–water partition coefficient (Wildman–Crippen LogP) is 5.21. The molecule has 2 N–H and O–H groups in total. The minimum absolute atomic E-state index is 0.0897. The lowest BCUT2D eigenvalue weighted by Crippen LogP contribution is -2.20. The van der Waals surface area contributed by atoms with E-state index in [4.69, 9.17) is 16.3 Å². The summed E-state index contributed by atoms with van der Waals surface area (Å²) < 4.78 is 5.63. The Balaban J connectivity index is 1.69. The summed E-state index contributed by atoms with van der Waals surface area (Å²) in [6.07, 6.45) is 1.43. The van der Waals surface area contributed by atoms with Crippen LogP contribution in [-0.4, -0.2) is 18.4 Å². The number of nitriles is 1. The molecule has 3 rings (SSSR count). The number of hydrogen-bond donors (Lipinski definition) is 2. The van der Waals surface area contributed by atoms with Gasteiger partial charge in [0.2, 0.25) is 0 Å². The maximum absolute atomic E-state index is 12.5. The average molecular weight is 446 g/mol. The predicted molar refractivity (Wildman–Crippen MR) is 125 cm³/mol. The molecule has 0 unspecified atom stereocenters. The van der Waals surface area contributed by atoms with E-state index in [-0.39, 0.29) is 18.1 Å². The van der Waals surface area contributed by atoms with E-state index < -0.39 is 5.91 Å². The third-order valence-corrected chi connectivity index (χ3v) is 4.60. The largest absolute Gasteiger partial charge is 0.483 e. The second kappa shape index (κ2) is 10.8. The molecule has 0 radical (unpaired) electrons. The van der Waals surface area contributed by atoms with Crippen molar-refractivity contribution < 1.29 is 14.3 Å². The van der Waals surface area contributed by atoms with E-state index in [0.717, 1.165) is 5.56 Å². The molecule has 0 aliphatic heterocycles. The fraction of sp³-hybridized carbons (Fsp3) is 0.0800. The number of benzene rings is 3. The fourth-order valence-electron chi connectivity index (χ4n) is 2.83. The smallest absolute Gasteiger partial charge is 0.266 e. The highest BCUT2D eigenvalue weighted by Gasteiger charge is 2.12. The molecule has 0 heterocycles. The van der Waals surface area contributed by atoms with Gasteiger partial charge in [-0.05, 0) is 61.0 Å². The Morgan fingerprint density at radius 2 is 1.75 bits per heavy atom. The van der Waals surface area contributed by atoms with Crippen molar-refractivity contribution in [2.45, 2.75) is 6.92 Å². The van der Waals surface area contributed by atoms with Gasteiger partial charge in [-0.3, -0.25) is 9.59 Å². The summed E-state index contributed by atoms with van der Waals surface area (Å²) in [7, 11) is 0. The first-order valence-corrected chi connectivity index (χ1v) is 10.1. The molecule has 0 aliphatic rings. The molecule has 0 spiro atoms. The van der Waals surface area contributed by atoms with Crippen molar-refractivity contribution in [2.75, 3.05) is 17.2 Å². The topological polar surface area (TPSA) is 91.2 Å². The number of amides is 2. The fourth-order valence-corrected chi connectivity index (χ4v) is 2.96. The van der Waals surface area contributed by atoms with Gasteiger partial charge in [0.1, 0.15) is 17.4 Å². The van der Waals surface area contributed by atoms with Gasteiger partial charge in [-0.15, -0.1) is 0 Å². The van der Waals surface area contributed by atoms with Gasteiger partial charge >= 0.3 is 0 Å². The zero-order valence-corrected chi connectivity index (χ0v) is 18.0. The van der Waals surface area contributed by atoms with E-state index in [1.54, 1.807) is 54.6 Å². The Morgan fingerprint density at radius 1 is 1.00 bits per heavy atom. The number of rotatable bonds is 7. The van der Waals surface area contributed by atoms with Crippen molar-refractivity contribution in [3.8, 4) is 11.8 Å². The van der Waals surface area contributed by atoms with Crippen LogP contribution >= 0.6 is 11.6 Å². The number of hydrogen-bond acceptors (Lipinski definition) is 4. The summed E-state index contributed by atoms with van der Waals surface area (Å²) in [5, 5.41) is 15.5. The Kier molecular flexibility index (Phi) is 7.63. The highest BCUT2D eigenvalue weighted by atomic mass is 35.5. The Bertz CT molecular complexity index is 1200. The minimum Gasteiger partial charge on any atom is -0.483 e. The van der Waals surface area contributed by atoms with Gasteiger partial charge in [-0.25, -0.2) is 0 Å². The van der Waals surface area contributed by atoms with Crippen LogP contribution in [0.15, 0.2) is 78.4 Å². The zero-order chi connectivity index (χ0) is 22.9. The van der Waals surface area contributed by atoms with Crippen molar-refractivity contribution in [2.24, 2.45) is 0 Å². The monoisotopic (exact) mass is 445 g/mol. The van der Waals surface area contributed by atoms with E-state index in [2.05, 4.69) is 10.6 Å². The van der Waals surface area contributed by atoms with Crippen molar-refractivity contribution in [3.05, 3.63) is 94.5 Å². The Hall–Kier alpha value is -4.08. The van der Waals surface area contributed by atoms with Crippen LogP contribution in [0.3, 0.4) is 0 Å². The molecule has 0 fully saturated rings. The van der Waals surface area contributed by atoms with Gasteiger partial charge in [-0.2, -0.15) is 5.26 Å². The number of anilines is 2. The summed E-state index contributed by atoms with van der Waals surface area (Å²) in [5.74, 6) is -0.521. The lowest BCUT2D eigenvalue weighted by molar-refractivity contribution is -0.118. The third kappa shape index (κ3) is 6.46. The molecular weight excluding hydrogens is 426 g/mol. The second-order valence-corrected chi connectivity index (χ2v) is 7.31. The number of para-hydroxylation sites is 1. The molecule has 0 saturated carbocycles. The van der Waals surface area contributed by atoms with Gasteiger partial charge in [0.05, 0.1) is 0 Å². The molecule has 0 aromatic heterocycles. The van der Waals surface area contributed by atoms with Gasteiger partial charge in [0, 0.05) is 22.0 Å². The SMILES string of the molecule is Cc1cccc(NC(=O)/C(C#N)=C/c2ccccc2OCC(=O)Nc2ccc(Cl)cc2)c1. The van der Waals surface area contributed by atoms with Crippen LogP contribution in [0.1, 0.15) is 11.1 Å². The average Bonchev–Trinajstić information content (AvgIpc) is 2.78. The summed E-state index contributed by atoms with van der Waals surface area (Å²) in [4.78, 5) is 24.7. The van der Waals surface area contributed by atoms with Crippen LogP contribution in [0.2, 0.25) is 5.02 Å². The number of ether oxygens (including phenoxy) is 1. The molecule has 0 aliphatic carbocycles. The number of carbonyl (C=O) groups is 2. The van der Waals surface area contributed by atoms with Crippen LogP contribution in [0.4, 0.5) is 11.4 Å². The summed E-state index contributed by atoms with van der Waals surface area (Å²) in [6.45, 7) is 1.66. The van der Waals surface area contributed by atoms with E-state index in [9.17, 15) is 14.9 Å². The summed E-state index contributed by atoms with van der Waals surface area (Å²) >= 11 is 5.84. The van der Waals surface area contributed by atoms with Crippen LogP contribution in [0.5, 0.6) is 5.75 Å². The third-order valence-electron chi connectivity index (χ3n) is 4.35. The normalized spacial score (nSPS) is 10.7. The number of nitrogens with one attached hydrogen (secondary N) is 2. The van der Waals surface area contributed by atoms with Crippen molar-refractivity contribution in [1.82, 2.24) is 0 Å².